The molecule has 3 heterocycles. The van der Waals surface area contributed by atoms with Crippen molar-refractivity contribution in [3.05, 3.63) is 33.7 Å². The molecule has 2 saturated heterocycles. The molecular formula is C18H28N4O2. The van der Waals surface area contributed by atoms with Crippen LogP contribution in [0.3, 0.4) is 0 Å². The monoisotopic (exact) mass is 332 g/mol. The summed E-state index contributed by atoms with van der Waals surface area (Å²) < 4.78 is 0. The first-order chi connectivity index (χ1) is 11.5. The zero-order valence-electron chi connectivity index (χ0n) is 14.7. The molecule has 3 rings (SSSR count). The Hall–Kier alpha value is -1.66. The van der Waals surface area contributed by atoms with E-state index in [1.165, 1.54) is 6.07 Å². The summed E-state index contributed by atoms with van der Waals surface area (Å²) in [5, 5.41) is 3.37. The number of rotatable bonds is 4. The Balaban J connectivity index is 1.68. The second-order valence-electron chi connectivity index (χ2n) is 7.34. The van der Waals surface area contributed by atoms with Gasteiger partial charge in [-0.1, -0.05) is 13.8 Å². The van der Waals surface area contributed by atoms with Crippen LogP contribution >= 0.6 is 0 Å². The molecular weight excluding hydrogens is 304 g/mol. The highest BCUT2D eigenvalue weighted by molar-refractivity contribution is 5.94. The number of nitrogens with zero attached hydrogens (tertiary/aromatic N) is 2. The summed E-state index contributed by atoms with van der Waals surface area (Å²) in [5.74, 6) is 0.429. The van der Waals surface area contributed by atoms with Crippen LogP contribution in [0.25, 0.3) is 0 Å². The van der Waals surface area contributed by atoms with Crippen LogP contribution in [0.2, 0.25) is 0 Å². The number of hydrogen-bond donors (Lipinski definition) is 2. The summed E-state index contributed by atoms with van der Waals surface area (Å²) in [5.41, 5.74) is 1.18. The first kappa shape index (κ1) is 17.2. The van der Waals surface area contributed by atoms with Gasteiger partial charge in [0.05, 0.1) is 0 Å². The highest BCUT2D eigenvalue weighted by atomic mass is 16.2. The third-order valence-electron chi connectivity index (χ3n) is 4.89. The van der Waals surface area contributed by atoms with Gasteiger partial charge in [0.1, 0.15) is 0 Å². The third kappa shape index (κ3) is 4.05. The lowest BCUT2D eigenvalue weighted by atomic mass is 10.1. The van der Waals surface area contributed by atoms with Crippen molar-refractivity contribution in [2.45, 2.75) is 32.7 Å². The average Bonchev–Trinajstić information content (AvgIpc) is 3.03. The number of carbonyl (C=O) groups excluding carboxylic acids is 1. The van der Waals surface area contributed by atoms with Crippen molar-refractivity contribution in [3.63, 3.8) is 0 Å². The second-order valence-corrected chi connectivity index (χ2v) is 7.34. The number of likely N-dealkylation sites (tertiary alicyclic amines) is 1. The van der Waals surface area contributed by atoms with Crippen molar-refractivity contribution < 1.29 is 4.79 Å². The van der Waals surface area contributed by atoms with Crippen LogP contribution in [-0.2, 0) is 6.42 Å². The zero-order chi connectivity index (χ0) is 17.1. The predicted molar refractivity (Wildman–Crippen MR) is 94.4 cm³/mol. The van der Waals surface area contributed by atoms with Crippen LogP contribution in [-0.4, -0.2) is 66.0 Å². The Morgan fingerprint density at radius 1 is 1.25 bits per heavy atom. The van der Waals surface area contributed by atoms with Gasteiger partial charge < -0.3 is 15.2 Å². The molecule has 0 aliphatic carbocycles. The predicted octanol–water partition coefficient (Wildman–Crippen LogP) is 0.693. The van der Waals surface area contributed by atoms with E-state index in [9.17, 15) is 9.59 Å². The van der Waals surface area contributed by atoms with Crippen molar-refractivity contribution in [1.82, 2.24) is 20.1 Å². The molecule has 6 nitrogen and oxygen atoms in total. The number of hydrogen-bond acceptors (Lipinski definition) is 4. The van der Waals surface area contributed by atoms with E-state index < -0.39 is 0 Å². The van der Waals surface area contributed by atoms with Gasteiger partial charge in [0.25, 0.3) is 5.91 Å². The summed E-state index contributed by atoms with van der Waals surface area (Å²) in [7, 11) is 0. The number of aromatic amines is 1. The first-order valence-electron chi connectivity index (χ1n) is 9.00. The molecule has 0 aromatic carbocycles. The summed E-state index contributed by atoms with van der Waals surface area (Å²) in [6, 6.07) is 3.74. The quantitative estimate of drug-likeness (QED) is 0.851. The van der Waals surface area contributed by atoms with E-state index in [2.05, 4.69) is 29.0 Å². The van der Waals surface area contributed by atoms with Gasteiger partial charge in [-0.25, -0.2) is 0 Å². The summed E-state index contributed by atoms with van der Waals surface area (Å²) in [6.07, 6.45) is 1.80. The maximum absolute atomic E-state index is 12.8. The first-order valence-corrected chi connectivity index (χ1v) is 9.00. The molecule has 2 aliphatic heterocycles. The zero-order valence-corrected chi connectivity index (χ0v) is 14.7. The SMILES string of the molecule is CC(C)Cc1cc(C(=O)N2CCC(N3CCNCC3)C2)cc(=O)[nH]1. The summed E-state index contributed by atoms with van der Waals surface area (Å²) >= 11 is 0. The molecule has 1 atom stereocenters. The van der Waals surface area contributed by atoms with Crippen molar-refractivity contribution in [1.29, 1.82) is 0 Å². The van der Waals surface area contributed by atoms with Crippen molar-refractivity contribution in [2.75, 3.05) is 39.3 Å². The van der Waals surface area contributed by atoms with Gasteiger partial charge in [0.2, 0.25) is 5.56 Å². The second kappa shape index (κ2) is 7.49. The van der Waals surface area contributed by atoms with Crippen LogP contribution in [0.15, 0.2) is 16.9 Å². The molecule has 0 spiro atoms. The molecule has 0 bridgehead atoms. The van der Waals surface area contributed by atoms with Crippen LogP contribution in [0, 0.1) is 5.92 Å². The van der Waals surface area contributed by atoms with Crippen LogP contribution in [0.5, 0.6) is 0 Å². The molecule has 6 heteroatoms. The molecule has 1 aromatic heterocycles. The molecule has 1 unspecified atom stereocenters. The fourth-order valence-electron chi connectivity index (χ4n) is 3.73. The van der Waals surface area contributed by atoms with E-state index in [4.69, 9.17) is 0 Å². The summed E-state index contributed by atoms with van der Waals surface area (Å²) in [4.78, 5) is 31.9. The van der Waals surface area contributed by atoms with E-state index in [-0.39, 0.29) is 11.5 Å². The number of pyridine rings is 1. The molecule has 2 fully saturated rings. The molecule has 24 heavy (non-hydrogen) atoms. The van der Waals surface area contributed by atoms with Crippen molar-refractivity contribution in [2.24, 2.45) is 5.92 Å². The molecule has 1 amide bonds. The number of piperazine rings is 1. The van der Waals surface area contributed by atoms with Crippen LogP contribution in [0.4, 0.5) is 0 Å². The van der Waals surface area contributed by atoms with Crippen LogP contribution < -0.4 is 10.9 Å². The molecule has 1 aromatic rings. The maximum Gasteiger partial charge on any atom is 0.254 e. The Morgan fingerprint density at radius 2 is 2.00 bits per heavy atom. The van der Waals surface area contributed by atoms with E-state index in [0.717, 1.165) is 57.8 Å². The minimum absolute atomic E-state index is 0.0104. The maximum atomic E-state index is 12.8. The Morgan fingerprint density at radius 3 is 2.71 bits per heavy atom. The number of aromatic nitrogens is 1. The Labute approximate surface area is 143 Å². The lowest BCUT2D eigenvalue weighted by Gasteiger charge is -2.32. The molecule has 0 radical (unpaired) electrons. The van der Waals surface area contributed by atoms with Gasteiger partial charge in [-0.3, -0.25) is 14.5 Å². The third-order valence-corrected chi connectivity index (χ3v) is 4.89. The highest BCUT2D eigenvalue weighted by Crippen LogP contribution is 2.18. The van der Waals surface area contributed by atoms with Crippen molar-refractivity contribution >= 4 is 5.91 Å². The number of H-pyrrole nitrogens is 1. The van der Waals surface area contributed by atoms with Gasteiger partial charge in [-0.2, -0.15) is 0 Å². The standard InChI is InChI=1S/C18H28N4O2/c1-13(2)9-15-10-14(11-17(23)20-15)18(24)22-6-3-16(12-22)21-7-4-19-5-8-21/h10-11,13,16,19H,3-9,12H2,1-2H3,(H,20,23). The molecule has 2 aliphatic rings. The number of amides is 1. The smallest absolute Gasteiger partial charge is 0.254 e. The van der Waals surface area contributed by atoms with Gasteiger partial charge in [-0.15, -0.1) is 0 Å². The van der Waals surface area contributed by atoms with Crippen molar-refractivity contribution in [3.8, 4) is 0 Å². The fraction of sp³-hybridized carbons (Fsp3) is 0.667. The van der Waals surface area contributed by atoms with Gasteiger partial charge in [0.15, 0.2) is 0 Å². The van der Waals surface area contributed by atoms with E-state index in [1.807, 2.05) is 11.0 Å². The molecule has 0 saturated carbocycles. The Bertz CT molecular complexity index is 634. The topological polar surface area (TPSA) is 68.4 Å². The lowest BCUT2D eigenvalue weighted by Crippen LogP contribution is -2.49. The number of carbonyl (C=O) groups is 1. The van der Waals surface area contributed by atoms with Gasteiger partial charge in [-0.05, 0) is 24.8 Å². The van der Waals surface area contributed by atoms with Crippen LogP contribution in [0.1, 0.15) is 36.3 Å². The van der Waals surface area contributed by atoms with E-state index in [0.29, 0.717) is 17.5 Å². The molecule has 132 valence electrons. The number of nitrogens with one attached hydrogen (secondary N) is 2. The fourth-order valence-corrected chi connectivity index (χ4v) is 3.73. The minimum Gasteiger partial charge on any atom is -0.337 e. The van der Waals surface area contributed by atoms with Gasteiger partial charge >= 0.3 is 0 Å². The van der Waals surface area contributed by atoms with Gasteiger partial charge in [0, 0.05) is 62.6 Å². The lowest BCUT2D eigenvalue weighted by molar-refractivity contribution is 0.0773. The Kier molecular flexibility index (Phi) is 5.36. The van der Waals surface area contributed by atoms with E-state index >= 15 is 0 Å². The summed E-state index contributed by atoms with van der Waals surface area (Å²) in [6.45, 7) is 9.90. The largest absolute Gasteiger partial charge is 0.337 e. The minimum atomic E-state index is -0.186. The average molecular weight is 332 g/mol. The molecule has 2 N–H and O–H groups in total. The van der Waals surface area contributed by atoms with E-state index in [1.54, 1.807) is 0 Å². The highest BCUT2D eigenvalue weighted by Gasteiger charge is 2.31. The normalized spacial score (nSPS) is 22.3.